The first-order chi connectivity index (χ1) is 9.40. The van der Waals surface area contributed by atoms with Crippen molar-refractivity contribution >= 4 is 15.7 Å². The van der Waals surface area contributed by atoms with Crippen LogP contribution in [0.25, 0.3) is 0 Å². The minimum absolute atomic E-state index is 0.270. The topological polar surface area (TPSA) is 72.2 Å². The SMILES string of the molecule is Cc1cc(N)cc(C)c1S(=O)(=O)NCc1ccccc1. The highest BCUT2D eigenvalue weighted by atomic mass is 32.2. The van der Waals surface area contributed by atoms with E-state index in [0.29, 0.717) is 21.7 Å². The van der Waals surface area contributed by atoms with Crippen molar-refractivity contribution in [1.29, 1.82) is 0 Å². The van der Waals surface area contributed by atoms with E-state index in [9.17, 15) is 8.42 Å². The van der Waals surface area contributed by atoms with Gasteiger partial charge >= 0.3 is 0 Å². The van der Waals surface area contributed by atoms with Crippen LogP contribution < -0.4 is 10.5 Å². The van der Waals surface area contributed by atoms with Gasteiger partial charge in [0.25, 0.3) is 0 Å². The summed E-state index contributed by atoms with van der Waals surface area (Å²) in [6, 6.07) is 12.8. The van der Waals surface area contributed by atoms with Crippen molar-refractivity contribution in [3.63, 3.8) is 0 Å². The van der Waals surface area contributed by atoms with Crippen LogP contribution in [0.4, 0.5) is 5.69 Å². The summed E-state index contributed by atoms with van der Waals surface area (Å²) in [5.74, 6) is 0. The second-order valence-corrected chi connectivity index (χ2v) is 6.50. The number of hydrogen-bond donors (Lipinski definition) is 2. The van der Waals surface area contributed by atoms with Crippen LogP contribution in [0, 0.1) is 13.8 Å². The molecule has 0 aliphatic carbocycles. The largest absolute Gasteiger partial charge is 0.399 e. The summed E-state index contributed by atoms with van der Waals surface area (Å²) in [7, 11) is -3.54. The van der Waals surface area contributed by atoms with E-state index in [2.05, 4.69) is 4.72 Å². The van der Waals surface area contributed by atoms with Crippen molar-refractivity contribution in [3.05, 3.63) is 59.2 Å². The second-order valence-electron chi connectivity index (χ2n) is 4.79. The lowest BCUT2D eigenvalue weighted by Crippen LogP contribution is -2.25. The Morgan fingerprint density at radius 2 is 1.60 bits per heavy atom. The monoisotopic (exact) mass is 290 g/mol. The minimum Gasteiger partial charge on any atom is -0.399 e. The van der Waals surface area contributed by atoms with Crippen LogP contribution in [-0.4, -0.2) is 8.42 Å². The van der Waals surface area contributed by atoms with Gasteiger partial charge in [0.1, 0.15) is 0 Å². The Kier molecular flexibility index (Phi) is 4.11. The molecule has 20 heavy (non-hydrogen) atoms. The number of aryl methyl sites for hydroxylation is 2. The first kappa shape index (κ1) is 14.6. The number of hydrogen-bond acceptors (Lipinski definition) is 3. The highest BCUT2D eigenvalue weighted by molar-refractivity contribution is 7.89. The van der Waals surface area contributed by atoms with Crippen molar-refractivity contribution < 1.29 is 8.42 Å². The highest BCUT2D eigenvalue weighted by Crippen LogP contribution is 2.23. The van der Waals surface area contributed by atoms with Gasteiger partial charge in [-0.15, -0.1) is 0 Å². The Balaban J connectivity index is 2.28. The van der Waals surface area contributed by atoms with Gasteiger partial charge in [0.05, 0.1) is 4.90 Å². The zero-order valence-electron chi connectivity index (χ0n) is 11.6. The number of rotatable bonds is 4. The molecule has 3 N–H and O–H groups in total. The van der Waals surface area contributed by atoms with Crippen molar-refractivity contribution in [1.82, 2.24) is 4.72 Å². The molecule has 0 aliphatic heterocycles. The number of anilines is 1. The summed E-state index contributed by atoms with van der Waals surface area (Å²) in [6.07, 6.45) is 0. The fourth-order valence-electron chi connectivity index (χ4n) is 2.25. The van der Waals surface area contributed by atoms with Gasteiger partial charge in [0.2, 0.25) is 10.0 Å². The predicted octanol–water partition coefficient (Wildman–Crippen LogP) is 2.36. The zero-order chi connectivity index (χ0) is 14.8. The minimum atomic E-state index is -3.54. The van der Waals surface area contributed by atoms with E-state index in [4.69, 9.17) is 5.73 Å². The molecule has 0 bridgehead atoms. The Bertz CT molecular complexity index is 687. The van der Waals surface area contributed by atoms with Gasteiger partial charge in [0.15, 0.2) is 0 Å². The number of nitrogens with one attached hydrogen (secondary N) is 1. The van der Waals surface area contributed by atoms with Gasteiger partial charge in [-0.25, -0.2) is 13.1 Å². The van der Waals surface area contributed by atoms with Crippen LogP contribution in [0.15, 0.2) is 47.4 Å². The average molecular weight is 290 g/mol. The summed E-state index contributed by atoms with van der Waals surface area (Å²) < 4.78 is 27.4. The zero-order valence-corrected chi connectivity index (χ0v) is 12.4. The number of nitrogens with two attached hydrogens (primary N) is 1. The molecule has 0 aromatic heterocycles. The molecule has 0 atom stereocenters. The van der Waals surface area contributed by atoms with Crippen LogP contribution in [0.3, 0.4) is 0 Å². The number of sulfonamides is 1. The van der Waals surface area contributed by atoms with E-state index in [1.807, 2.05) is 30.3 Å². The fourth-order valence-corrected chi connectivity index (χ4v) is 3.72. The summed E-state index contributed by atoms with van der Waals surface area (Å²) in [5.41, 5.74) is 8.52. The lowest BCUT2D eigenvalue weighted by Gasteiger charge is -2.13. The second kappa shape index (κ2) is 5.64. The molecule has 0 unspecified atom stereocenters. The Labute approximate surface area is 119 Å². The lowest BCUT2D eigenvalue weighted by atomic mass is 10.1. The molecule has 2 aromatic rings. The van der Waals surface area contributed by atoms with Gasteiger partial charge in [0, 0.05) is 12.2 Å². The van der Waals surface area contributed by atoms with Crippen LogP contribution in [0.2, 0.25) is 0 Å². The van der Waals surface area contributed by atoms with E-state index in [1.54, 1.807) is 26.0 Å². The third-order valence-electron chi connectivity index (χ3n) is 3.06. The quantitative estimate of drug-likeness (QED) is 0.849. The first-order valence-corrected chi connectivity index (χ1v) is 7.79. The van der Waals surface area contributed by atoms with Gasteiger partial charge < -0.3 is 5.73 Å². The third kappa shape index (κ3) is 3.18. The van der Waals surface area contributed by atoms with Crippen LogP contribution >= 0.6 is 0 Å². The van der Waals surface area contributed by atoms with Crippen molar-refractivity contribution in [2.75, 3.05) is 5.73 Å². The maximum absolute atomic E-state index is 12.4. The molecule has 0 amide bonds. The van der Waals surface area contributed by atoms with Gasteiger partial charge in [-0.1, -0.05) is 30.3 Å². The molecule has 106 valence electrons. The molecule has 0 fully saturated rings. The molecular weight excluding hydrogens is 272 g/mol. The van der Waals surface area contributed by atoms with E-state index in [0.717, 1.165) is 5.56 Å². The normalized spacial score (nSPS) is 11.5. The van der Waals surface area contributed by atoms with Gasteiger partial charge in [-0.05, 0) is 42.7 Å². The van der Waals surface area contributed by atoms with E-state index >= 15 is 0 Å². The fraction of sp³-hybridized carbons (Fsp3) is 0.200. The summed E-state index contributed by atoms with van der Waals surface area (Å²) in [4.78, 5) is 0.308. The molecule has 0 saturated carbocycles. The average Bonchev–Trinajstić information content (AvgIpc) is 2.36. The molecule has 2 aromatic carbocycles. The molecule has 0 aliphatic rings. The van der Waals surface area contributed by atoms with Gasteiger partial charge in [-0.3, -0.25) is 0 Å². The molecule has 4 nitrogen and oxygen atoms in total. The molecule has 0 saturated heterocycles. The molecule has 5 heteroatoms. The predicted molar refractivity (Wildman–Crippen MR) is 80.8 cm³/mol. The smallest absolute Gasteiger partial charge is 0.241 e. The Hall–Kier alpha value is -1.85. The Morgan fingerprint density at radius 3 is 2.15 bits per heavy atom. The van der Waals surface area contributed by atoms with E-state index in [-0.39, 0.29) is 6.54 Å². The van der Waals surface area contributed by atoms with Crippen LogP contribution in [0.1, 0.15) is 16.7 Å². The van der Waals surface area contributed by atoms with Crippen molar-refractivity contribution in [2.45, 2.75) is 25.3 Å². The standard InChI is InChI=1S/C15H18N2O2S/c1-11-8-14(16)9-12(2)15(11)20(18,19)17-10-13-6-4-3-5-7-13/h3-9,17H,10,16H2,1-2H3. The van der Waals surface area contributed by atoms with Crippen molar-refractivity contribution in [2.24, 2.45) is 0 Å². The maximum atomic E-state index is 12.4. The first-order valence-electron chi connectivity index (χ1n) is 6.30. The lowest BCUT2D eigenvalue weighted by molar-refractivity contribution is 0.580. The number of nitrogen functional groups attached to an aromatic ring is 1. The molecule has 0 radical (unpaired) electrons. The molecule has 0 spiro atoms. The van der Waals surface area contributed by atoms with Crippen LogP contribution in [-0.2, 0) is 16.6 Å². The summed E-state index contributed by atoms with van der Waals surface area (Å²) in [5, 5.41) is 0. The molecular formula is C15H18N2O2S. The maximum Gasteiger partial charge on any atom is 0.241 e. The van der Waals surface area contributed by atoms with Crippen molar-refractivity contribution in [3.8, 4) is 0 Å². The van der Waals surface area contributed by atoms with E-state index in [1.165, 1.54) is 0 Å². The van der Waals surface area contributed by atoms with Crippen LogP contribution in [0.5, 0.6) is 0 Å². The summed E-state index contributed by atoms with van der Waals surface area (Å²) in [6.45, 7) is 3.77. The molecule has 0 heterocycles. The summed E-state index contributed by atoms with van der Waals surface area (Å²) >= 11 is 0. The highest BCUT2D eigenvalue weighted by Gasteiger charge is 2.19. The molecule has 2 rings (SSSR count). The third-order valence-corrected chi connectivity index (χ3v) is 4.77. The number of benzene rings is 2. The van der Waals surface area contributed by atoms with E-state index < -0.39 is 10.0 Å². The Morgan fingerprint density at radius 1 is 1.05 bits per heavy atom. The van der Waals surface area contributed by atoms with Gasteiger partial charge in [-0.2, -0.15) is 0 Å².